The molecule has 4 heteroatoms. The number of likely N-dealkylation sites (tertiary alicyclic amines) is 1. The van der Waals surface area contributed by atoms with Crippen molar-refractivity contribution in [2.75, 3.05) is 26.7 Å². The second-order valence-corrected chi connectivity index (χ2v) is 7.32. The van der Waals surface area contributed by atoms with E-state index in [1.165, 1.54) is 19.3 Å². The number of nitrogens with zero attached hydrogens (tertiary/aromatic N) is 2. The van der Waals surface area contributed by atoms with Crippen molar-refractivity contribution >= 4 is 10.9 Å². The van der Waals surface area contributed by atoms with Crippen LogP contribution in [0.1, 0.15) is 44.8 Å². The van der Waals surface area contributed by atoms with Gasteiger partial charge in [0.1, 0.15) is 5.75 Å². The molecule has 2 heterocycles. The lowest BCUT2D eigenvalue weighted by Gasteiger charge is -2.35. The SMILES string of the molecule is CCC(C)C1CCN(CC(O)c2ccnc3ccc(OC)cc23)CC1. The molecule has 1 N–H and O–H groups in total. The summed E-state index contributed by atoms with van der Waals surface area (Å²) < 4.78 is 5.33. The highest BCUT2D eigenvalue weighted by atomic mass is 16.5. The summed E-state index contributed by atoms with van der Waals surface area (Å²) in [6, 6.07) is 7.75. The van der Waals surface area contributed by atoms with Crippen molar-refractivity contribution in [2.45, 2.75) is 39.2 Å². The molecule has 0 aliphatic carbocycles. The predicted octanol–water partition coefficient (Wildman–Crippen LogP) is 4.03. The average molecular weight is 342 g/mol. The number of hydrogen-bond acceptors (Lipinski definition) is 4. The largest absolute Gasteiger partial charge is 0.497 e. The van der Waals surface area contributed by atoms with E-state index in [4.69, 9.17) is 4.74 Å². The smallest absolute Gasteiger partial charge is 0.119 e. The molecular formula is C21H30N2O2. The second-order valence-electron chi connectivity index (χ2n) is 7.32. The number of benzene rings is 1. The maximum atomic E-state index is 10.8. The number of aromatic nitrogens is 1. The summed E-state index contributed by atoms with van der Waals surface area (Å²) in [6.07, 6.45) is 5.03. The first-order valence-electron chi connectivity index (χ1n) is 9.45. The monoisotopic (exact) mass is 342 g/mol. The van der Waals surface area contributed by atoms with E-state index in [1.807, 2.05) is 24.3 Å². The fraction of sp³-hybridized carbons (Fsp3) is 0.571. The van der Waals surface area contributed by atoms with Crippen molar-refractivity contribution in [3.8, 4) is 5.75 Å². The van der Waals surface area contributed by atoms with Gasteiger partial charge in [-0.05, 0) is 67.6 Å². The van der Waals surface area contributed by atoms with Gasteiger partial charge in [0.15, 0.2) is 0 Å². The molecule has 4 nitrogen and oxygen atoms in total. The number of ether oxygens (including phenoxy) is 1. The molecule has 3 rings (SSSR count). The van der Waals surface area contributed by atoms with Gasteiger partial charge in [-0.1, -0.05) is 20.3 Å². The third-order valence-electron chi connectivity index (χ3n) is 5.85. The minimum atomic E-state index is -0.502. The number of rotatable bonds is 6. The van der Waals surface area contributed by atoms with E-state index in [0.29, 0.717) is 6.54 Å². The van der Waals surface area contributed by atoms with Gasteiger partial charge < -0.3 is 14.7 Å². The van der Waals surface area contributed by atoms with Crippen molar-refractivity contribution in [1.29, 1.82) is 0 Å². The van der Waals surface area contributed by atoms with Crippen LogP contribution in [0.4, 0.5) is 0 Å². The molecule has 136 valence electrons. The summed E-state index contributed by atoms with van der Waals surface area (Å²) in [7, 11) is 1.66. The molecule has 0 amide bonds. The second kappa shape index (κ2) is 8.15. The van der Waals surface area contributed by atoms with Crippen LogP contribution in [0.5, 0.6) is 5.75 Å². The molecule has 2 atom stereocenters. The summed E-state index contributed by atoms with van der Waals surface area (Å²) >= 11 is 0. The average Bonchev–Trinajstić information content (AvgIpc) is 2.66. The Balaban J connectivity index is 1.70. The van der Waals surface area contributed by atoms with Crippen LogP contribution in [0.3, 0.4) is 0 Å². The molecule has 2 aromatic rings. The van der Waals surface area contributed by atoms with Crippen LogP contribution in [0, 0.1) is 11.8 Å². The van der Waals surface area contributed by atoms with Gasteiger partial charge in [0.2, 0.25) is 0 Å². The first-order chi connectivity index (χ1) is 12.1. The highest BCUT2D eigenvalue weighted by Crippen LogP contribution is 2.30. The molecule has 0 bridgehead atoms. The van der Waals surface area contributed by atoms with Crippen molar-refractivity contribution < 1.29 is 9.84 Å². The molecule has 1 aromatic heterocycles. The summed E-state index contributed by atoms with van der Waals surface area (Å²) in [5.74, 6) is 2.44. The molecule has 0 radical (unpaired) electrons. The Labute approximate surface area is 150 Å². The third-order valence-corrected chi connectivity index (χ3v) is 5.85. The normalized spacial score (nSPS) is 19.0. The van der Waals surface area contributed by atoms with Gasteiger partial charge >= 0.3 is 0 Å². The Bertz CT molecular complexity index is 695. The Morgan fingerprint density at radius 2 is 2.04 bits per heavy atom. The number of fused-ring (bicyclic) bond motifs is 1. The molecule has 0 saturated carbocycles. The highest BCUT2D eigenvalue weighted by Gasteiger charge is 2.25. The van der Waals surface area contributed by atoms with Crippen LogP contribution >= 0.6 is 0 Å². The minimum absolute atomic E-state index is 0.502. The fourth-order valence-electron chi connectivity index (χ4n) is 3.94. The predicted molar refractivity (Wildman–Crippen MR) is 102 cm³/mol. The third kappa shape index (κ3) is 4.13. The van der Waals surface area contributed by atoms with Crippen molar-refractivity contribution in [1.82, 2.24) is 9.88 Å². The van der Waals surface area contributed by atoms with Gasteiger partial charge in [-0.25, -0.2) is 0 Å². The highest BCUT2D eigenvalue weighted by molar-refractivity contribution is 5.83. The maximum Gasteiger partial charge on any atom is 0.119 e. The first kappa shape index (κ1) is 18.2. The summed E-state index contributed by atoms with van der Waals surface area (Å²) in [6.45, 7) is 7.50. The van der Waals surface area contributed by atoms with E-state index in [0.717, 1.165) is 47.1 Å². The lowest BCUT2D eigenvalue weighted by Crippen LogP contribution is -2.38. The minimum Gasteiger partial charge on any atom is -0.497 e. The molecule has 1 aliphatic rings. The van der Waals surface area contributed by atoms with E-state index in [-0.39, 0.29) is 0 Å². The van der Waals surface area contributed by atoms with Crippen molar-refractivity contribution in [2.24, 2.45) is 11.8 Å². The number of aliphatic hydroxyl groups is 1. The Hall–Kier alpha value is -1.65. The number of hydrogen-bond donors (Lipinski definition) is 1. The molecule has 2 unspecified atom stereocenters. The molecule has 25 heavy (non-hydrogen) atoms. The van der Waals surface area contributed by atoms with E-state index in [2.05, 4.69) is 23.7 Å². The van der Waals surface area contributed by atoms with Crippen LogP contribution in [0.25, 0.3) is 10.9 Å². The molecule has 1 aromatic carbocycles. The lowest BCUT2D eigenvalue weighted by atomic mass is 9.84. The van der Waals surface area contributed by atoms with Gasteiger partial charge in [0, 0.05) is 18.1 Å². The van der Waals surface area contributed by atoms with Crippen LogP contribution < -0.4 is 4.74 Å². The van der Waals surface area contributed by atoms with E-state index in [1.54, 1.807) is 13.3 Å². The van der Waals surface area contributed by atoms with E-state index < -0.39 is 6.10 Å². The zero-order valence-corrected chi connectivity index (χ0v) is 15.6. The van der Waals surface area contributed by atoms with Gasteiger partial charge in [-0.15, -0.1) is 0 Å². The number of pyridine rings is 1. The number of aliphatic hydroxyl groups excluding tert-OH is 1. The van der Waals surface area contributed by atoms with Crippen LogP contribution in [0.2, 0.25) is 0 Å². The molecular weight excluding hydrogens is 312 g/mol. The molecule has 1 fully saturated rings. The van der Waals surface area contributed by atoms with Gasteiger partial charge in [0.25, 0.3) is 0 Å². The molecule has 1 saturated heterocycles. The Kier molecular flexibility index (Phi) is 5.92. The Morgan fingerprint density at radius 1 is 1.28 bits per heavy atom. The summed E-state index contributed by atoms with van der Waals surface area (Å²) in [5.41, 5.74) is 1.83. The molecule has 1 aliphatic heterocycles. The van der Waals surface area contributed by atoms with Gasteiger partial charge in [-0.2, -0.15) is 0 Å². The first-order valence-corrected chi connectivity index (χ1v) is 9.45. The standard InChI is InChI=1S/C21H30N2O2/c1-4-15(2)16-8-11-23(12-9-16)14-21(24)18-7-10-22-20-6-5-17(25-3)13-19(18)20/h5-7,10,13,15-16,21,24H,4,8-9,11-12,14H2,1-3H3. The zero-order chi connectivity index (χ0) is 17.8. The zero-order valence-electron chi connectivity index (χ0n) is 15.6. The number of methoxy groups -OCH3 is 1. The number of piperidine rings is 1. The van der Waals surface area contributed by atoms with E-state index >= 15 is 0 Å². The van der Waals surface area contributed by atoms with Crippen molar-refractivity contribution in [3.05, 3.63) is 36.0 Å². The van der Waals surface area contributed by atoms with Gasteiger partial charge in [0.05, 0.1) is 18.7 Å². The van der Waals surface area contributed by atoms with Crippen molar-refractivity contribution in [3.63, 3.8) is 0 Å². The van der Waals surface area contributed by atoms with Crippen LogP contribution in [-0.4, -0.2) is 41.7 Å². The Morgan fingerprint density at radius 3 is 2.72 bits per heavy atom. The maximum absolute atomic E-state index is 10.8. The van der Waals surface area contributed by atoms with Crippen LogP contribution in [-0.2, 0) is 0 Å². The summed E-state index contributed by atoms with van der Waals surface area (Å²) in [5, 5.41) is 11.8. The molecule has 0 spiro atoms. The summed E-state index contributed by atoms with van der Waals surface area (Å²) in [4.78, 5) is 6.80. The fourth-order valence-corrected chi connectivity index (χ4v) is 3.94. The quantitative estimate of drug-likeness (QED) is 0.861. The van der Waals surface area contributed by atoms with Crippen LogP contribution in [0.15, 0.2) is 30.5 Å². The van der Waals surface area contributed by atoms with E-state index in [9.17, 15) is 5.11 Å². The number of β-amino-alcohol motifs (C(OH)–C–C–N with tert-alkyl or cyclic N) is 1. The topological polar surface area (TPSA) is 45.6 Å². The lowest BCUT2D eigenvalue weighted by molar-refractivity contribution is 0.0804. The van der Waals surface area contributed by atoms with Gasteiger partial charge in [-0.3, -0.25) is 4.98 Å².